The molecule has 9 N–H and O–H groups in total. The van der Waals surface area contributed by atoms with Crippen LogP contribution in [0, 0.1) is 17.8 Å². The third-order valence-electron chi connectivity index (χ3n) is 17.5. The third kappa shape index (κ3) is 16.4. The van der Waals surface area contributed by atoms with Gasteiger partial charge in [0, 0.05) is 70.3 Å². The van der Waals surface area contributed by atoms with E-state index >= 15 is 0 Å². The number of aliphatic hydroxyl groups excluding tert-OH is 1. The highest BCUT2D eigenvalue weighted by atomic mass is 16.7. The number of amides is 5. The monoisotopic (exact) mass is 1120 g/mol. The second-order valence-corrected chi connectivity index (χ2v) is 23.9. The van der Waals surface area contributed by atoms with E-state index in [0.29, 0.717) is 42.9 Å². The molecule has 0 saturated carbocycles. The lowest BCUT2D eigenvalue weighted by Crippen LogP contribution is -2.56. The van der Waals surface area contributed by atoms with Crippen LogP contribution in [0.4, 0.5) is 15.3 Å². The smallest absolute Gasteiger partial charge is 0.407 e. The fourth-order valence-electron chi connectivity index (χ4n) is 12.8. The molecule has 9 unspecified atom stereocenters. The van der Waals surface area contributed by atoms with Gasteiger partial charge in [-0.05, 0) is 112 Å². The number of fused-ring (bicyclic) bond motifs is 7. The average molecular weight is 1120 g/mol. The summed E-state index contributed by atoms with van der Waals surface area (Å²) in [7, 11) is 1.57. The molecule has 0 aliphatic carbocycles. The van der Waals surface area contributed by atoms with Gasteiger partial charge >= 0.3 is 12.1 Å². The van der Waals surface area contributed by atoms with Crippen molar-refractivity contribution in [2.24, 2.45) is 29.2 Å². The maximum Gasteiger partial charge on any atom is 0.407 e. The molecule has 7 heterocycles. The number of aliphatic hydroxyl groups is 1. The molecular weight excluding hydrogens is 1030 g/mol. The Hall–Kier alpha value is -4.55. The summed E-state index contributed by atoms with van der Waals surface area (Å²) in [6.07, 6.45) is 6.85. The number of carbonyl (C=O) groups is 5. The average Bonchev–Trinajstić information content (AvgIpc) is 4.18. The van der Waals surface area contributed by atoms with E-state index in [1.54, 1.807) is 45.2 Å². The molecule has 4 bridgehead atoms. The molecule has 7 saturated heterocycles. The minimum Gasteiger partial charge on any atom is -0.445 e. The predicted octanol–water partition coefficient (Wildman–Crippen LogP) is 5.52. The number of nitrogens with one attached hydrogen (secondary N) is 4. The molecule has 21 heteroatoms. The fraction of sp³-hybridized carbons (Fsp3) is 0.746. The molecule has 18 atom stereocenters. The summed E-state index contributed by atoms with van der Waals surface area (Å²) in [4.78, 5) is 63.4. The molecular formula is C59H90N6O15. The number of hydrogen-bond donors (Lipinski definition) is 7. The molecule has 446 valence electrons. The molecule has 8 rings (SSSR count). The van der Waals surface area contributed by atoms with Crippen LogP contribution in [0.5, 0.6) is 0 Å². The number of anilines is 1. The SMILES string of the molecule is C=C1CC(CC[C@]23CC[C@H](O2)[C@H]2CC(O3)[C@H]3OC(CC(=O)CC4CO[C@H](CC(O)CNC(=O)OCc5ccc(NC(=O)C(CCCNC(N)=O)NC(=O)[C@@H](N)C(C)C)cc5)[C@@H]4OC)CCC3O2)OC1CCC1C[C@@H](C)C(=C)[C@@H](C)O1. The van der Waals surface area contributed by atoms with Crippen molar-refractivity contribution < 1.29 is 71.7 Å². The fourth-order valence-corrected chi connectivity index (χ4v) is 12.8. The van der Waals surface area contributed by atoms with Crippen LogP contribution in [0.15, 0.2) is 48.6 Å². The first-order valence-electron chi connectivity index (χ1n) is 29.3. The van der Waals surface area contributed by atoms with Crippen molar-refractivity contribution in [1.82, 2.24) is 16.0 Å². The molecule has 5 amide bonds. The first kappa shape index (κ1) is 61.5. The van der Waals surface area contributed by atoms with E-state index in [0.717, 1.165) is 56.9 Å². The van der Waals surface area contributed by atoms with Gasteiger partial charge in [-0.25, -0.2) is 9.59 Å². The van der Waals surface area contributed by atoms with Crippen molar-refractivity contribution in [3.8, 4) is 0 Å². The summed E-state index contributed by atoms with van der Waals surface area (Å²) in [5.41, 5.74) is 14.5. The summed E-state index contributed by atoms with van der Waals surface area (Å²) < 4.78 is 57.4. The molecule has 21 nitrogen and oxygen atoms in total. The van der Waals surface area contributed by atoms with Crippen molar-refractivity contribution in [1.29, 1.82) is 0 Å². The molecule has 1 aromatic carbocycles. The van der Waals surface area contributed by atoms with Crippen LogP contribution in [0.2, 0.25) is 0 Å². The number of benzene rings is 1. The minimum absolute atomic E-state index is 0.0226. The van der Waals surface area contributed by atoms with E-state index in [-0.39, 0.29) is 131 Å². The summed E-state index contributed by atoms with van der Waals surface area (Å²) in [6, 6.07) is 4.18. The van der Waals surface area contributed by atoms with Crippen LogP contribution in [0.25, 0.3) is 0 Å². The number of Topliss-reactive ketones (excluding diaryl/α,β-unsaturated/α-hetero) is 1. The van der Waals surface area contributed by atoms with Crippen LogP contribution >= 0.6 is 0 Å². The normalized spacial score (nSPS) is 34.0. The van der Waals surface area contributed by atoms with Gasteiger partial charge in [-0.1, -0.05) is 46.1 Å². The number of urea groups is 1. The number of hydrogen-bond acceptors (Lipinski definition) is 16. The standard InChI is InChI=1S/C59H90N6O15/c1-32(2)52(60)56(69)65-45(9-8-22-62-57(61)70)55(68)64-39-12-10-37(11-13-39)30-74-58(71)63-29-41(67)27-50-53(72-7)38(31-73-50)25-40(66)26-43-15-17-48-54(77-43)51-28-49(78-48)47-19-21-59(79-47,80-51)20-18-44-24-34(4)46(76-44)16-14-42-23-33(3)35(5)36(6)75-42/h10-13,32-33,36,38,41-54,67H,4-5,8-9,14-31,60H2,1-3,6-7H3,(H,63,71)(H,64,68)(H,65,69)(H3,61,62,70)/t33-,36-,38?,41?,42?,43?,44?,45?,46?,47+,48?,49-,50-,51?,52+,53-,54+,59+/m1/s1. The predicted molar refractivity (Wildman–Crippen MR) is 295 cm³/mol. The number of ether oxygens (including phenoxy) is 9. The van der Waals surface area contributed by atoms with Crippen molar-refractivity contribution in [2.45, 2.75) is 234 Å². The maximum absolute atomic E-state index is 13.8. The quantitative estimate of drug-likeness (QED) is 0.0444. The number of nitrogens with two attached hydrogens (primary N) is 2. The Morgan fingerprint density at radius 1 is 0.863 bits per heavy atom. The van der Waals surface area contributed by atoms with Gasteiger partial charge in [0.05, 0.1) is 85.9 Å². The van der Waals surface area contributed by atoms with Gasteiger partial charge in [-0.3, -0.25) is 14.4 Å². The first-order chi connectivity index (χ1) is 38.2. The minimum atomic E-state index is -0.987. The number of primary amides is 1. The van der Waals surface area contributed by atoms with Gasteiger partial charge in [0.15, 0.2) is 5.79 Å². The topological polar surface area (TPSA) is 289 Å². The highest BCUT2D eigenvalue weighted by molar-refractivity contribution is 5.97. The number of carbonyl (C=O) groups excluding carboxylic acids is 5. The molecule has 7 aliphatic rings. The van der Waals surface area contributed by atoms with Crippen molar-refractivity contribution in [2.75, 3.05) is 32.1 Å². The molecule has 1 aromatic rings. The van der Waals surface area contributed by atoms with Crippen molar-refractivity contribution in [3.05, 3.63) is 54.1 Å². The Balaban J connectivity index is 0.730. The molecule has 7 fully saturated rings. The van der Waals surface area contributed by atoms with Crippen LogP contribution in [-0.4, -0.2) is 159 Å². The summed E-state index contributed by atoms with van der Waals surface area (Å²) in [6.45, 7) is 16.9. The summed E-state index contributed by atoms with van der Waals surface area (Å²) in [5.74, 6) is -1.55. The molecule has 7 aliphatic heterocycles. The van der Waals surface area contributed by atoms with Gasteiger partial charge < -0.3 is 80.5 Å². The van der Waals surface area contributed by atoms with E-state index in [1.165, 1.54) is 5.57 Å². The zero-order chi connectivity index (χ0) is 57.3. The van der Waals surface area contributed by atoms with E-state index in [4.69, 9.17) is 54.1 Å². The Labute approximate surface area is 471 Å². The van der Waals surface area contributed by atoms with Crippen molar-refractivity contribution >= 4 is 35.4 Å². The highest BCUT2D eigenvalue weighted by Crippen LogP contribution is 2.49. The van der Waals surface area contributed by atoms with Gasteiger partial charge in [-0.15, -0.1) is 0 Å². The zero-order valence-corrected chi connectivity index (χ0v) is 47.6. The Bertz CT molecular complexity index is 2290. The number of alkyl carbamates (subject to hydrolysis) is 1. The summed E-state index contributed by atoms with van der Waals surface area (Å²) in [5, 5.41) is 21.5. The van der Waals surface area contributed by atoms with E-state index in [2.05, 4.69) is 48.3 Å². The Kier molecular flexibility index (Phi) is 21.6. The lowest BCUT2D eigenvalue weighted by atomic mass is 9.86. The van der Waals surface area contributed by atoms with Gasteiger partial charge in [0.2, 0.25) is 11.8 Å². The van der Waals surface area contributed by atoms with E-state index < -0.39 is 60.1 Å². The second-order valence-electron chi connectivity index (χ2n) is 23.9. The van der Waals surface area contributed by atoms with Crippen LogP contribution in [-0.2, 0) is 63.6 Å². The van der Waals surface area contributed by atoms with Gasteiger partial charge in [0.25, 0.3) is 0 Å². The maximum atomic E-state index is 13.8. The number of methoxy groups -OCH3 is 1. The molecule has 80 heavy (non-hydrogen) atoms. The van der Waals surface area contributed by atoms with Gasteiger partial charge in [0.1, 0.15) is 24.5 Å². The molecule has 0 aromatic heterocycles. The summed E-state index contributed by atoms with van der Waals surface area (Å²) >= 11 is 0. The number of rotatable bonds is 26. The van der Waals surface area contributed by atoms with E-state index in [9.17, 15) is 29.1 Å². The second kappa shape index (κ2) is 28.1. The van der Waals surface area contributed by atoms with Crippen LogP contribution < -0.4 is 32.7 Å². The van der Waals surface area contributed by atoms with Crippen LogP contribution in [0.3, 0.4) is 0 Å². The lowest BCUT2D eigenvalue weighted by molar-refractivity contribution is -0.276. The molecule has 0 spiro atoms. The largest absolute Gasteiger partial charge is 0.445 e. The highest BCUT2D eigenvalue weighted by Gasteiger charge is 2.56. The Morgan fingerprint density at radius 2 is 1.64 bits per heavy atom. The third-order valence-corrected chi connectivity index (χ3v) is 17.5. The first-order valence-corrected chi connectivity index (χ1v) is 29.3. The Morgan fingerprint density at radius 3 is 2.38 bits per heavy atom. The van der Waals surface area contributed by atoms with E-state index in [1.807, 2.05) is 0 Å². The van der Waals surface area contributed by atoms with Gasteiger partial charge in [-0.2, -0.15) is 0 Å². The van der Waals surface area contributed by atoms with Crippen molar-refractivity contribution in [3.63, 3.8) is 0 Å². The number of ketones is 1. The molecule has 0 radical (unpaired) electrons. The van der Waals surface area contributed by atoms with Crippen LogP contribution in [0.1, 0.15) is 136 Å². The zero-order valence-electron chi connectivity index (χ0n) is 47.6. The lowest BCUT2D eigenvalue weighted by Gasteiger charge is -2.47.